The van der Waals surface area contributed by atoms with Gasteiger partial charge in [-0.1, -0.05) is 48.5 Å². The van der Waals surface area contributed by atoms with Crippen LogP contribution in [0.4, 0.5) is 0 Å². The number of benzene rings is 3. The third-order valence-electron chi connectivity index (χ3n) is 7.10. The molecule has 8 nitrogen and oxygen atoms in total. The van der Waals surface area contributed by atoms with Crippen molar-refractivity contribution in [2.24, 2.45) is 0 Å². The number of fused-ring (bicyclic) bond motifs is 3. The fourth-order valence-electron chi connectivity index (χ4n) is 5.12. The molecule has 2 amide bonds. The maximum absolute atomic E-state index is 13.9. The number of amides is 2. The zero-order valence-electron chi connectivity index (χ0n) is 21.9. The highest BCUT2D eigenvalue weighted by Crippen LogP contribution is 2.37. The number of carbonyl (C=O) groups is 2. The van der Waals surface area contributed by atoms with Gasteiger partial charge in [-0.15, -0.1) is 0 Å². The summed E-state index contributed by atoms with van der Waals surface area (Å²) < 4.78 is 12.6. The van der Waals surface area contributed by atoms with E-state index in [-0.39, 0.29) is 24.3 Å². The normalized spacial score (nSPS) is 16.8. The molecule has 38 heavy (non-hydrogen) atoms. The number of aromatic nitrogens is 2. The van der Waals surface area contributed by atoms with Crippen LogP contribution >= 0.6 is 0 Å². The van der Waals surface area contributed by atoms with Crippen LogP contribution < -0.4 is 14.8 Å². The fraction of sp³-hybridized carbons (Fsp3) is 0.300. The van der Waals surface area contributed by atoms with Crippen molar-refractivity contribution in [1.29, 1.82) is 0 Å². The molecule has 1 N–H and O–H groups in total. The summed E-state index contributed by atoms with van der Waals surface area (Å²) >= 11 is 0. The second-order valence-corrected chi connectivity index (χ2v) is 9.47. The van der Waals surface area contributed by atoms with Crippen LogP contribution in [0.5, 0.6) is 11.5 Å². The van der Waals surface area contributed by atoms with Crippen molar-refractivity contribution in [1.82, 2.24) is 19.8 Å². The first kappa shape index (κ1) is 25.3. The summed E-state index contributed by atoms with van der Waals surface area (Å²) in [5, 5.41) is 3.00. The highest BCUT2D eigenvalue weighted by molar-refractivity contribution is 5.90. The Kier molecular flexibility index (Phi) is 7.31. The van der Waals surface area contributed by atoms with Crippen molar-refractivity contribution < 1.29 is 19.1 Å². The van der Waals surface area contributed by atoms with Crippen molar-refractivity contribution in [2.45, 2.75) is 38.4 Å². The molecular weight excluding hydrogens is 480 g/mol. The Bertz CT molecular complexity index is 1450. The SMILES string of the molecule is COc1ccc(CCNC(=O)C[C@@H]2C(=O)N(Cc3ccccc3)[C@H](C)c3nc4ccccc4n32)cc1OC. The zero-order chi connectivity index (χ0) is 26.6. The summed E-state index contributed by atoms with van der Waals surface area (Å²) in [5.41, 5.74) is 3.74. The van der Waals surface area contributed by atoms with Crippen LogP contribution in [0.15, 0.2) is 72.8 Å². The molecule has 0 fully saturated rings. The Morgan fingerprint density at radius 2 is 1.68 bits per heavy atom. The van der Waals surface area contributed by atoms with Crippen molar-refractivity contribution >= 4 is 22.8 Å². The summed E-state index contributed by atoms with van der Waals surface area (Å²) in [7, 11) is 3.20. The van der Waals surface area contributed by atoms with Crippen LogP contribution in [-0.4, -0.2) is 47.0 Å². The maximum Gasteiger partial charge on any atom is 0.247 e. The number of methoxy groups -OCH3 is 2. The summed E-state index contributed by atoms with van der Waals surface area (Å²) in [6.07, 6.45) is 0.664. The van der Waals surface area contributed by atoms with E-state index in [0.717, 1.165) is 28.0 Å². The number of ether oxygens (including phenoxy) is 2. The minimum absolute atomic E-state index is 0.0378. The monoisotopic (exact) mass is 512 g/mol. The topological polar surface area (TPSA) is 85.7 Å². The smallest absolute Gasteiger partial charge is 0.247 e. The minimum Gasteiger partial charge on any atom is -0.493 e. The number of rotatable bonds is 9. The molecular formula is C30H32N4O4. The summed E-state index contributed by atoms with van der Waals surface area (Å²) in [4.78, 5) is 33.7. The van der Waals surface area contributed by atoms with E-state index in [2.05, 4.69) is 5.32 Å². The van der Waals surface area contributed by atoms with E-state index < -0.39 is 6.04 Å². The van der Waals surface area contributed by atoms with E-state index in [1.165, 1.54) is 0 Å². The van der Waals surface area contributed by atoms with Gasteiger partial charge in [0.05, 0.1) is 37.7 Å². The van der Waals surface area contributed by atoms with Crippen LogP contribution in [0.3, 0.4) is 0 Å². The number of nitrogens with zero attached hydrogens (tertiary/aromatic N) is 3. The first-order valence-corrected chi connectivity index (χ1v) is 12.8. The predicted octanol–water partition coefficient (Wildman–Crippen LogP) is 4.45. The maximum atomic E-state index is 13.9. The molecule has 0 radical (unpaired) electrons. The van der Waals surface area contributed by atoms with Gasteiger partial charge in [0.2, 0.25) is 11.8 Å². The Labute approximate surface area is 222 Å². The lowest BCUT2D eigenvalue weighted by atomic mass is 10.0. The van der Waals surface area contributed by atoms with E-state index in [4.69, 9.17) is 14.5 Å². The zero-order valence-corrected chi connectivity index (χ0v) is 21.9. The summed E-state index contributed by atoms with van der Waals surface area (Å²) in [6.45, 7) is 2.90. The molecule has 1 aromatic heterocycles. The molecule has 0 spiro atoms. The van der Waals surface area contributed by atoms with Gasteiger partial charge in [-0.25, -0.2) is 4.98 Å². The highest BCUT2D eigenvalue weighted by Gasteiger charge is 2.40. The van der Waals surface area contributed by atoms with E-state index in [1.807, 2.05) is 89.2 Å². The molecule has 5 rings (SSSR count). The van der Waals surface area contributed by atoms with Crippen molar-refractivity contribution in [3.63, 3.8) is 0 Å². The van der Waals surface area contributed by atoms with Crippen molar-refractivity contribution in [3.05, 3.63) is 89.7 Å². The van der Waals surface area contributed by atoms with Gasteiger partial charge in [-0.2, -0.15) is 0 Å². The number of para-hydroxylation sites is 2. The molecule has 1 aliphatic rings. The van der Waals surface area contributed by atoms with Gasteiger partial charge in [-0.3, -0.25) is 9.59 Å². The van der Waals surface area contributed by atoms with Crippen LogP contribution in [-0.2, 0) is 22.6 Å². The van der Waals surface area contributed by atoms with Crippen LogP contribution in [0.25, 0.3) is 11.0 Å². The standard InChI is InChI=1S/C30H32N4O4/c1-20-29-32-23-11-7-8-12-24(23)34(29)25(30(36)33(20)19-22-9-5-4-6-10-22)18-28(35)31-16-15-21-13-14-26(37-2)27(17-21)38-3/h4-14,17,20,25H,15-16,18-19H2,1-3H3,(H,31,35)/t20-,25-/m1/s1. The van der Waals surface area contributed by atoms with Crippen LogP contribution in [0, 0.1) is 0 Å². The molecule has 0 saturated carbocycles. The number of imidazole rings is 1. The third-order valence-corrected chi connectivity index (χ3v) is 7.10. The van der Waals surface area contributed by atoms with Gasteiger partial charge in [0.25, 0.3) is 0 Å². The lowest BCUT2D eigenvalue weighted by Gasteiger charge is -2.38. The average molecular weight is 513 g/mol. The molecule has 0 saturated heterocycles. The molecule has 3 aromatic carbocycles. The molecule has 2 atom stereocenters. The predicted molar refractivity (Wildman–Crippen MR) is 145 cm³/mol. The van der Waals surface area contributed by atoms with Crippen molar-refractivity contribution in [3.8, 4) is 11.5 Å². The van der Waals surface area contributed by atoms with E-state index in [1.54, 1.807) is 14.2 Å². The second kappa shape index (κ2) is 11.0. The van der Waals surface area contributed by atoms with E-state index in [0.29, 0.717) is 31.0 Å². The number of hydrogen-bond acceptors (Lipinski definition) is 5. The van der Waals surface area contributed by atoms with Gasteiger partial charge in [-0.05, 0) is 48.7 Å². The molecule has 8 heteroatoms. The first-order valence-electron chi connectivity index (χ1n) is 12.8. The Morgan fingerprint density at radius 3 is 2.45 bits per heavy atom. The molecule has 1 aliphatic heterocycles. The van der Waals surface area contributed by atoms with Gasteiger partial charge < -0.3 is 24.3 Å². The Hall–Kier alpha value is -4.33. The molecule has 2 heterocycles. The average Bonchev–Trinajstić information content (AvgIpc) is 3.33. The van der Waals surface area contributed by atoms with Crippen molar-refractivity contribution in [2.75, 3.05) is 20.8 Å². The van der Waals surface area contributed by atoms with E-state index in [9.17, 15) is 9.59 Å². The fourth-order valence-corrected chi connectivity index (χ4v) is 5.12. The van der Waals surface area contributed by atoms with Crippen LogP contribution in [0.2, 0.25) is 0 Å². The van der Waals surface area contributed by atoms with Crippen LogP contribution in [0.1, 0.15) is 42.4 Å². The molecule has 196 valence electrons. The van der Waals surface area contributed by atoms with E-state index >= 15 is 0 Å². The largest absolute Gasteiger partial charge is 0.493 e. The molecule has 0 aliphatic carbocycles. The quantitative estimate of drug-likeness (QED) is 0.358. The number of hydrogen-bond donors (Lipinski definition) is 1. The summed E-state index contributed by atoms with van der Waals surface area (Å²) in [5.74, 6) is 1.85. The second-order valence-electron chi connectivity index (χ2n) is 9.47. The first-order chi connectivity index (χ1) is 18.5. The van der Waals surface area contributed by atoms with Gasteiger partial charge in [0, 0.05) is 13.1 Å². The molecule has 0 bridgehead atoms. The van der Waals surface area contributed by atoms with Gasteiger partial charge in [0.1, 0.15) is 11.9 Å². The molecule has 4 aromatic rings. The Morgan fingerprint density at radius 1 is 0.947 bits per heavy atom. The third kappa shape index (κ3) is 4.94. The summed E-state index contributed by atoms with van der Waals surface area (Å²) in [6, 6.07) is 22.5. The lowest BCUT2D eigenvalue weighted by molar-refractivity contribution is -0.142. The number of carbonyl (C=O) groups excluding carboxylic acids is 2. The minimum atomic E-state index is -0.668. The number of nitrogens with one attached hydrogen (secondary N) is 1. The van der Waals surface area contributed by atoms with Gasteiger partial charge in [0.15, 0.2) is 11.5 Å². The lowest BCUT2D eigenvalue weighted by Crippen LogP contribution is -2.46. The molecule has 0 unspecified atom stereocenters. The van der Waals surface area contributed by atoms with Gasteiger partial charge >= 0.3 is 0 Å². The Balaban J connectivity index is 1.35. The highest BCUT2D eigenvalue weighted by atomic mass is 16.5.